The normalized spacial score (nSPS) is 14.7. The average molecular weight is 598 g/mol. The number of allylic oxidation sites excluding steroid dienone is 2. The summed E-state index contributed by atoms with van der Waals surface area (Å²) in [5.74, 6) is 0. The summed E-state index contributed by atoms with van der Waals surface area (Å²) < 4.78 is 4.54. The first-order chi connectivity index (χ1) is 20.1. The molecule has 0 aromatic heterocycles. The maximum absolute atomic E-state index is 11.0. The van der Waals surface area contributed by atoms with Crippen LogP contribution in [0.5, 0.6) is 0 Å². The quantitative estimate of drug-likeness (QED) is 0.0703. The minimum Gasteiger partial charge on any atom is -0.395 e. The Morgan fingerprint density at radius 3 is 2.36 bits per heavy atom. The van der Waals surface area contributed by atoms with E-state index in [1.807, 2.05) is 37.2 Å². The van der Waals surface area contributed by atoms with Gasteiger partial charge in [0, 0.05) is 47.3 Å². The van der Waals surface area contributed by atoms with E-state index >= 15 is 0 Å². The number of hydrogen-bond donors (Lipinski definition) is 2. The number of unbranched alkanes of at least 4 members (excludes halogenated alkanes) is 1. The molecule has 1 unspecified atom stereocenters. The Balaban J connectivity index is 0. The summed E-state index contributed by atoms with van der Waals surface area (Å²) in [7, 11) is 7.05. The number of nitro groups is 1. The number of methoxy groups -OCH3 is 1. The molecule has 0 aliphatic carbocycles. The van der Waals surface area contributed by atoms with Crippen molar-refractivity contribution in [1.29, 1.82) is 0 Å². The third kappa shape index (κ3) is 22.3. The lowest BCUT2D eigenvalue weighted by atomic mass is 10.1. The smallest absolute Gasteiger partial charge is 0.258 e. The molecule has 3 N–H and O–H groups in total. The summed E-state index contributed by atoms with van der Waals surface area (Å²) in [6.45, 7) is 18.9. The molecule has 11 heteroatoms. The van der Waals surface area contributed by atoms with E-state index in [4.69, 9.17) is 4.99 Å². The fourth-order valence-corrected chi connectivity index (χ4v) is 4.25. The lowest BCUT2D eigenvalue weighted by molar-refractivity contribution is -0.425. The van der Waals surface area contributed by atoms with Crippen molar-refractivity contribution in [3.05, 3.63) is 45.8 Å². The first kappa shape index (κ1) is 41.8. The number of nitrogens with zero attached hydrogens (tertiary/aromatic N) is 6. The zero-order valence-electron chi connectivity index (χ0n) is 28.1. The van der Waals surface area contributed by atoms with Gasteiger partial charge >= 0.3 is 0 Å². The Labute approximate surface area is 256 Å². The third-order valence-electron chi connectivity index (χ3n) is 6.69. The van der Waals surface area contributed by atoms with Crippen LogP contribution < -0.4 is 5.73 Å². The van der Waals surface area contributed by atoms with Crippen molar-refractivity contribution in [1.82, 2.24) is 19.6 Å². The number of ether oxygens (including phenoxy) is 1. The van der Waals surface area contributed by atoms with E-state index in [9.17, 15) is 15.2 Å². The number of aliphatic hydroxyl groups is 1. The third-order valence-corrected chi connectivity index (χ3v) is 6.69. The van der Waals surface area contributed by atoms with Gasteiger partial charge < -0.3 is 25.4 Å². The highest BCUT2D eigenvalue weighted by atomic mass is 16.6. The molecule has 1 fully saturated rings. The SMILES string of the molecule is C=C(CC/C=C(\C)CN(/C=N/C(CN(C)/C=C(\C)[N+](=O)[O-])N(C)CCCC)CCO)CN1CCCC1.CCOC.CN. The molecule has 0 saturated carbocycles. The monoisotopic (exact) mass is 597 g/mol. The van der Waals surface area contributed by atoms with Crippen molar-refractivity contribution in [2.24, 2.45) is 10.7 Å². The van der Waals surface area contributed by atoms with Crippen LogP contribution in [0.4, 0.5) is 0 Å². The first-order valence-corrected chi connectivity index (χ1v) is 15.3. The fraction of sp³-hybridized carbons (Fsp3) is 0.774. The van der Waals surface area contributed by atoms with Crippen LogP contribution >= 0.6 is 0 Å². The second-order valence-electron chi connectivity index (χ2n) is 10.6. The van der Waals surface area contributed by atoms with E-state index in [0.29, 0.717) is 19.6 Å². The van der Waals surface area contributed by atoms with Crippen molar-refractivity contribution in [2.45, 2.75) is 72.4 Å². The highest BCUT2D eigenvalue weighted by Gasteiger charge is 2.16. The maximum atomic E-state index is 11.0. The van der Waals surface area contributed by atoms with Crippen LogP contribution in [0.15, 0.2) is 40.7 Å². The molecule has 0 aromatic carbocycles. The number of aliphatic hydroxyl groups excluding tert-OH is 1. The van der Waals surface area contributed by atoms with Crippen molar-refractivity contribution >= 4 is 6.34 Å². The minimum absolute atomic E-state index is 0.0486. The summed E-state index contributed by atoms with van der Waals surface area (Å²) >= 11 is 0. The van der Waals surface area contributed by atoms with Crippen LogP contribution in [-0.2, 0) is 4.74 Å². The highest BCUT2D eigenvalue weighted by Crippen LogP contribution is 2.13. The van der Waals surface area contributed by atoms with Crippen LogP contribution in [-0.4, -0.2) is 129 Å². The van der Waals surface area contributed by atoms with E-state index in [0.717, 1.165) is 45.4 Å². The van der Waals surface area contributed by atoms with Crippen LogP contribution in [0.1, 0.15) is 66.2 Å². The van der Waals surface area contributed by atoms with E-state index in [1.54, 1.807) is 13.3 Å². The molecule has 0 bridgehead atoms. The van der Waals surface area contributed by atoms with Gasteiger partial charge in [-0.1, -0.05) is 37.1 Å². The molecular formula is C31H63N7O4. The molecule has 1 rings (SSSR count). The fourth-order valence-electron chi connectivity index (χ4n) is 4.25. The van der Waals surface area contributed by atoms with Crippen molar-refractivity contribution in [2.75, 3.05) is 87.3 Å². The van der Waals surface area contributed by atoms with Gasteiger partial charge in [0.15, 0.2) is 0 Å². The predicted octanol–water partition coefficient (Wildman–Crippen LogP) is 4.04. The van der Waals surface area contributed by atoms with Crippen LogP contribution in [0.2, 0.25) is 0 Å². The number of nitrogens with two attached hydrogens (primary N) is 1. The number of likely N-dealkylation sites (N-methyl/N-ethyl adjacent to an activating group) is 2. The van der Waals surface area contributed by atoms with Gasteiger partial charge in [-0.15, -0.1) is 0 Å². The standard InChI is InChI=1S/C27H50N6O3.C3H8O.CH5N/c1-7-8-14-30(6)27(22-29(5)21-26(4)33(35)36)28-23-32(17-18-34)20-25(3)13-11-12-24(2)19-31-15-9-10-16-31;1-3-4-2;1-2/h13,21,23,27,34H,2,7-12,14-20,22H2,1,3-6H3;3H2,1-2H3;2H2,1H3/b25-13+,26-21+,28-23+;;. The average Bonchev–Trinajstić information content (AvgIpc) is 3.47. The second-order valence-corrected chi connectivity index (χ2v) is 10.6. The van der Waals surface area contributed by atoms with Gasteiger partial charge in [0.1, 0.15) is 6.17 Å². The minimum atomic E-state index is -0.380. The van der Waals surface area contributed by atoms with Crippen molar-refractivity contribution < 1.29 is 14.8 Å². The summed E-state index contributed by atoms with van der Waals surface area (Å²) in [6.07, 6.45) is 12.2. The van der Waals surface area contributed by atoms with Gasteiger partial charge in [-0.05, 0) is 79.7 Å². The molecule has 11 nitrogen and oxygen atoms in total. The van der Waals surface area contributed by atoms with E-state index in [1.165, 1.54) is 51.0 Å². The highest BCUT2D eigenvalue weighted by molar-refractivity contribution is 5.55. The molecule has 246 valence electrons. The van der Waals surface area contributed by atoms with Gasteiger partial charge in [-0.3, -0.25) is 24.9 Å². The second kappa shape index (κ2) is 27.5. The predicted molar refractivity (Wildman–Crippen MR) is 177 cm³/mol. The topological polar surface area (TPSA) is 124 Å². The van der Waals surface area contributed by atoms with Gasteiger partial charge in [-0.2, -0.15) is 0 Å². The first-order valence-electron chi connectivity index (χ1n) is 15.3. The summed E-state index contributed by atoms with van der Waals surface area (Å²) in [4.78, 5) is 24.0. The molecule has 1 atom stereocenters. The van der Waals surface area contributed by atoms with Gasteiger partial charge in [0.25, 0.3) is 5.70 Å². The van der Waals surface area contributed by atoms with E-state index in [-0.39, 0.29) is 23.4 Å². The van der Waals surface area contributed by atoms with Crippen molar-refractivity contribution in [3.63, 3.8) is 0 Å². The molecule has 42 heavy (non-hydrogen) atoms. The Bertz CT molecular complexity index is 781. The molecule has 1 saturated heterocycles. The van der Waals surface area contributed by atoms with E-state index < -0.39 is 0 Å². The number of aliphatic imine (C=N–C) groups is 1. The summed E-state index contributed by atoms with van der Waals surface area (Å²) in [5, 5.41) is 20.6. The zero-order valence-corrected chi connectivity index (χ0v) is 28.1. The molecule has 0 spiro atoms. The largest absolute Gasteiger partial charge is 0.395 e. The van der Waals surface area contributed by atoms with Gasteiger partial charge in [0.05, 0.1) is 30.6 Å². The molecule has 0 aromatic rings. The summed E-state index contributed by atoms with van der Waals surface area (Å²) in [5.41, 5.74) is 7.13. The molecule has 1 heterocycles. The van der Waals surface area contributed by atoms with Crippen LogP contribution in [0, 0.1) is 10.1 Å². The lowest BCUT2D eigenvalue weighted by Crippen LogP contribution is -2.40. The molecule has 0 radical (unpaired) electrons. The number of rotatable bonds is 20. The van der Waals surface area contributed by atoms with Gasteiger partial charge in [0.2, 0.25) is 0 Å². The zero-order chi connectivity index (χ0) is 32.3. The molecule has 1 aliphatic rings. The summed E-state index contributed by atoms with van der Waals surface area (Å²) in [6, 6.07) is 0. The molecule has 1 aliphatic heterocycles. The Morgan fingerprint density at radius 1 is 1.21 bits per heavy atom. The molecular weight excluding hydrogens is 534 g/mol. The molecule has 0 amide bonds. The van der Waals surface area contributed by atoms with E-state index in [2.05, 4.69) is 46.8 Å². The Hall–Kier alpha value is -2.31. The van der Waals surface area contributed by atoms with Crippen molar-refractivity contribution in [3.8, 4) is 0 Å². The van der Waals surface area contributed by atoms with Gasteiger partial charge in [-0.25, -0.2) is 0 Å². The number of hydrogen-bond acceptors (Lipinski definition) is 9. The van der Waals surface area contributed by atoms with Crippen LogP contribution in [0.3, 0.4) is 0 Å². The Morgan fingerprint density at radius 2 is 1.83 bits per heavy atom. The number of likely N-dealkylation sites (tertiary alicyclic amines) is 1. The lowest BCUT2D eigenvalue weighted by Gasteiger charge is -2.29. The van der Waals surface area contributed by atoms with Crippen LogP contribution in [0.25, 0.3) is 0 Å². The maximum Gasteiger partial charge on any atom is 0.258 e. The Kier molecular flexibility index (Phi) is 27.4.